The summed E-state index contributed by atoms with van der Waals surface area (Å²) in [7, 11) is 1.33. The number of aromatic nitrogens is 5. The molecule has 0 atom stereocenters. The number of para-hydroxylation sites is 2. The van der Waals surface area contributed by atoms with Gasteiger partial charge in [0.15, 0.2) is 12.7 Å². The van der Waals surface area contributed by atoms with E-state index in [2.05, 4.69) is 25.3 Å². The molecule has 11 heteroatoms. The SMILES string of the molecule is COc1cc(F)c([N+](=O)[O-])cc1Nc1ncnc(-[n+]2c[nH]c3ccccc32)n1. The number of halogens is 1. The number of hydrogen-bond acceptors (Lipinski definition) is 7. The molecule has 0 aliphatic heterocycles. The first-order valence-corrected chi connectivity index (χ1v) is 8.03. The van der Waals surface area contributed by atoms with Gasteiger partial charge >= 0.3 is 11.6 Å². The number of nitrogens with zero attached hydrogens (tertiary/aromatic N) is 5. The van der Waals surface area contributed by atoms with Crippen molar-refractivity contribution in [2.24, 2.45) is 0 Å². The zero-order valence-electron chi connectivity index (χ0n) is 14.5. The quantitative estimate of drug-likeness (QED) is 0.309. The molecule has 0 aliphatic carbocycles. The molecule has 10 nitrogen and oxygen atoms in total. The number of hydrogen-bond donors (Lipinski definition) is 2. The normalized spacial score (nSPS) is 10.8. The molecule has 0 amide bonds. The fourth-order valence-corrected chi connectivity index (χ4v) is 2.71. The van der Waals surface area contributed by atoms with Crippen LogP contribution in [0.2, 0.25) is 0 Å². The second kappa shape index (κ2) is 6.87. The number of nitro groups is 1. The molecule has 0 saturated heterocycles. The Hall–Kier alpha value is -4.15. The van der Waals surface area contributed by atoms with Gasteiger partial charge in [-0.05, 0) is 12.1 Å². The zero-order valence-corrected chi connectivity index (χ0v) is 14.5. The van der Waals surface area contributed by atoms with Crippen LogP contribution in [0.25, 0.3) is 17.0 Å². The predicted octanol–water partition coefficient (Wildman–Crippen LogP) is 2.43. The van der Waals surface area contributed by atoms with E-state index in [1.165, 1.54) is 13.4 Å². The number of nitrogens with one attached hydrogen (secondary N) is 2. The third-order valence-electron chi connectivity index (χ3n) is 4.00. The number of nitro benzene ring substituents is 1. The Balaban J connectivity index is 1.73. The third-order valence-corrected chi connectivity index (χ3v) is 4.00. The van der Waals surface area contributed by atoms with Crippen molar-refractivity contribution in [1.82, 2.24) is 19.9 Å². The average Bonchev–Trinajstić information content (AvgIpc) is 3.13. The van der Waals surface area contributed by atoms with Crippen molar-refractivity contribution in [2.75, 3.05) is 12.4 Å². The molecule has 0 spiro atoms. The smallest absolute Gasteiger partial charge is 0.394 e. The minimum absolute atomic E-state index is 0.0739. The summed E-state index contributed by atoms with van der Waals surface area (Å²) < 4.78 is 20.6. The monoisotopic (exact) mass is 382 g/mol. The molecule has 0 aliphatic rings. The summed E-state index contributed by atoms with van der Waals surface area (Å²) >= 11 is 0. The summed E-state index contributed by atoms with van der Waals surface area (Å²) in [5.74, 6) is -0.490. The molecule has 0 saturated carbocycles. The van der Waals surface area contributed by atoms with E-state index in [0.29, 0.717) is 5.95 Å². The van der Waals surface area contributed by atoms with E-state index in [1.807, 2.05) is 24.3 Å². The van der Waals surface area contributed by atoms with Gasteiger partial charge in [0.2, 0.25) is 5.82 Å². The van der Waals surface area contributed by atoms with Crippen molar-refractivity contribution in [2.45, 2.75) is 0 Å². The highest BCUT2D eigenvalue weighted by atomic mass is 19.1. The fourth-order valence-electron chi connectivity index (χ4n) is 2.71. The van der Waals surface area contributed by atoms with E-state index in [0.717, 1.165) is 23.2 Å². The lowest BCUT2D eigenvalue weighted by Crippen LogP contribution is -2.31. The number of anilines is 2. The Labute approximate surface area is 156 Å². The highest BCUT2D eigenvalue weighted by Gasteiger charge is 2.21. The van der Waals surface area contributed by atoms with E-state index < -0.39 is 16.4 Å². The highest BCUT2D eigenvalue weighted by Crippen LogP contribution is 2.33. The van der Waals surface area contributed by atoms with Crippen LogP contribution in [0.3, 0.4) is 0 Å². The van der Waals surface area contributed by atoms with Gasteiger partial charge in [-0.3, -0.25) is 15.1 Å². The maximum absolute atomic E-state index is 13.8. The second-order valence-electron chi connectivity index (χ2n) is 5.66. The lowest BCUT2D eigenvalue weighted by Gasteiger charge is -2.09. The summed E-state index contributed by atoms with van der Waals surface area (Å²) in [6.45, 7) is 0. The number of fused-ring (bicyclic) bond motifs is 1. The Morgan fingerprint density at radius 2 is 2.11 bits per heavy atom. The predicted molar refractivity (Wildman–Crippen MR) is 96.1 cm³/mol. The number of aromatic amines is 1. The number of ether oxygens (including phenoxy) is 1. The third kappa shape index (κ3) is 3.05. The zero-order chi connectivity index (χ0) is 19.7. The second-order valence-corrected chi connectivity index (χ2v) is 5.66. The van der Waals surface area contributed by atoms with Gasteiger partial charge in [0.25, 0.3) is 5.95 Å². The van der Waals surface area contributed by atoms with Crippen LogP contribution in [0.4, 0.5) is 21.7 Å². The van der Waals surface area contributed by atoms with Gasteiger partial charge in [-0.2, -0.15) is 13.9 Å². The molecule has 0 radical (unpaired) electrons. The van der Waals surface area contributed by atoms with E-state index in [-0.39, 0.29) is 17.4 Å². The molecule has 2 aromatic carbocycles. The van der Waals surface area contributed by atoms with Crippen LogP contribution in [-0.4, -0.2) is 32.0 Å². The number of H-pyrrole nitrogens is 1. The van der Waals surface area contributed by atoms with Crippen molar-refractivity contribution in [1.29, 1.82) is 0 Å². The van der Waals surface area contributed by atoms with Gasteiger partial charge in [-0.25, -0.2) is 0 Å². The first kappa shape index (κ1) is 17.3. The van der Waals surface area contributed by atoms with Crippen molar-refractivity contribution in [3.8, 4) is 11.7 Å². The molecular formula is C17H13FN7O3+. The molecule has 4 aromatic rings. The number of rotatable bonds is 5. The first-order valence-electron chi connectivity index (χ1n) is 8.03. The van der Waals surface area contributed by atoms with Gasteiger partial charge < -0.3 is 10.1 Å². The van der Waals surface area contributed by atoms with Gasteiger partial charge in [0.05, 0.1) is 17.7 Å². The van der Waals surface area contributed by atoms with Crippen LogP contribution in [0, 0.1) is 15.9 Å². The molecule has 2 heterocycles. The lowest BCUT2D eigenvalue weighted by molar-refractivity contribution is -0.575. The summed E-state index contributed by atoms with van der Waals surface area (Å²) in [4.78, 5) is 25.8. The van der Waals surface area contributed by atoms with Crippen molar-refractivity contribution in [3.63, 3.8) is 0 Å². The highest BCUT2D eigenvalue weighted by molar-refractivity contribution is 5.71. The molecule has 0 fully saturated rings. The summed E-state index contributed by atoms with van der Waals surface area (Å²) in [6, 6.07) is 9.55. The van der Waals surface area contributed by atoms with Crippen LogP contribution in [0.5, 0.6) is 5.75 Å². The minimum Gasteiger partial charge on any atom is -0.494 e. The number of benzene rings is 2. The molecule has 2 N–H and O–H groups in total. The minimum atomic E-state index is -1.00. The van der Waals surface area contributed by atoms with Crippen molar-refractivity contribution in [3.05, 3.63) is 65.0 Å². The molecule has 0 bridgehead atoms. The Morgan fingerprint density at radius 1 is 1.29 bits per heavy atom. The number of imidazole rings is 1. The van der Waals surface area contributed by atoms with E-state index in [4.69, 9.17) is 4.74 Å². The summed E-state index contributed by atoms with van der Waals surface area (Å²) in [6.07, 6.45) is 3.00. The van der Waals surface area contributed by atoms with E-state index >= 15 is 0 Å². The molecule has 140 valence electrons. The van der Waals surface area contributed by atoms with Gasteiger partial charge in [-0.15, -0.1) is 0 Å². The van der Waals surface area contributed by atoms with Gasteiger partial charge in [0, 0.05) is 12.1 Å². The van der Waals surface area contributed by atoms with Crippen LogP contribution >= 0.6 is 0 Å². The number of methoxy groups -OCH3 is 1. The topological polar surface area (TPSA) is 123 Å². The van der Waals surface area contributed by atoms with E-state index in [1.54, 1.807) is 10.9 Å². The van der Waals surface area contributed by atoms with Crippen molar-refractivity contribution >= 4 is 28.4 Å². The first-order chi connectivity index (χ1) is 13.6. The molecule has 0 unspecified atom stereocenters. The summed E-state index contributed by atoms with van der Waals surface area (Å²) in [5.41, 5.74) is 1.21. The van der Waals surface area contributed by atoms with Gasteiger partial charge in [0.1, 0.15) is 16.8 Å². The van der Waals surface area contributed by atoms with Crippen LogP contribution in [-0.2, 0) is 0 Å². The van der Waals surface area contributed by atoms with E-state index in [9.17, 15) is 14.5 Å². The summed E-state index contributed by atoms with van der Waals surface area (Å²) in [5, 5.41) is 13.8. The average molecular weight is 382 g/mol. The standard InChI is InChI=1S/C17H12FN7O3/c1-28-15-6-10(18)14(25(26)27)7-12(15)22-16-19-8-20-17(23-16)24-9-21-11-4-2-3-5-13(11)24/h2-9H,1H3,(H,19,20,22,23)/p+1. The van der Waals surface area contributed by atoms with Crippen LogP contribution in [0.15, 0.2) is 49.1 Å². The maximum atomic E-state index is 13.8. The Morgan fingerprint density at radius 3 is 2.89 bits per heavy atom. The van der Waals surface area contributed by atoms with Crippen molar-refractivity contribution < 1.29 is 18.6 Å². The molecule has 2 aromatic heterocycles. The molecular weight excluding hydrogens is 369 g/mol. The Kier molecular flexibility index (Phi) is 4.24. The molecule has 4 rings (SSSR count). The van der Waals surface area contributed by atoms with Crippen LogP contribution in [0.1, 0.15) is 0 Å². The lowest BCUT2D eigenvalue weighted by atomic mass is 10.2. The Bertz CT molecular complexity index is 1190. The molecule has 28 heavy (non-hydrogen) atoms. The fraction of sp³-hybridized carbons (Fsp3) is 0.0588. The van der Waals surface area contributed by atoms with Crippen LogP contribution < -0.4 is 14.6 Å². The largest absolute Gasteiger partial charge is 0.494 e. The van der Waals surface area contributed by atoms with Gasteiger partial charge in [-0.1, -0.05) is 22.1 Å². The maximum Gasteiger partial charge on any atom is 0.394 e.